The lowest BCUT2D eigenvalue weighted by Gasteiger charge is -2.66. The molecule has 0 aromatic carbocycles. The van der Waals surface area contributed by atoms with Crippen molar-refractivity contribution in [3.8, 4) is 6.07 Å². The highest BCUT2D eigenvalue weighted by atomic mass is 15.5. The molecule has 0 aliphatic heterocycles. The van der Waals surface area contributed by atoms with Gasteiger partial charge >= 0.3 is 0 Å². The monoisotopic (exact) mass is 218 g/mol. The third-order valence-corrected chi connectivity index (χ3v) is 3.51. The Balaban J connectivity index is 0.000000457. The smallest absolute Gasteiger partial charge is 0.0796 e. The molecule has 0 radical (unpaired) electrons. The maximum absolute atomic E-state index is 8.88. The van der Waals surface area contributed by atoms with E-state index in [1.54, 1.807) is 11.0 Å². The molecule has 0 saturated heterocycles. The molecule has 3 saturated carbocycles. The second-order valence-electron chi connectivity index (χ2n) is 4.94. The zero-order chi connectivity index (χ0) is 11.8. The predicted octanol–water partition coefficient (Wildman–Crippen LogP) is 2.31. The van der Waals surface area contributed by atoms with Crippen LogP contribution in [-0.2, 0) is 6.54 Å². The summed E-state index contributed by atoms with van der Waals surface area (Å²) in [6, 6.07) is 2.41. The van der Waals surface area contributed by atoms with Crippen molar-refractivity contribution in [1.29, 1.82) is 5.26 Å². The number of rotatable bonds is 2. The van der Waals surface area contributed by atoms with E-state index in [9.17, 15) is 0 Å². The van der Waals surface area contributed by atoms with Crippen molar-refractivity contribution in [3.05, 3.63) is 11.9 Å². The summed E-state index contributed by atoms with van der Waals surface area (Å²) >= 11 is 0. The Bertz CT molecular complexity index is 407. The molecule has 2 bridgehead atoms. The normalized spacial score (nSPS) is 33.9. The van der Waals surface area contributed by atoms with E-state index in [4.69, 9.17) is 5.26 Å². The summed E-state index contributed by atoms with van der Waals surface area (Å²) in [6.07, 6.45) is 4.94. The molecule has 0 atom stereocenters. The first kappa shape index (κ1) is 11.1. The topological polar surface area (TPSA) is 54.5 Å². The first-order valence-corrected chi connectivity index (χ1v) is 5.94. The second-order valence-corrected chi connectivity index (χ2v) is 4.94. The quantitative estimate of drug-likeness (QED) is 0.765. The fraction of sp³-hybridized carbons (Fsp3) is 0.750. The molecule has 86 valence electrons. The minimum Gasteiger partial charge on any atom is -0.198 e. The molecule has 3 fully saturated rings. The van der Waals surface area contributed by atoms with Crippen LogP contribution >= 0.6 is 0 Å². The van der Waals surface area contributed by atoms with Gasteiger partial charge in [0.2, 0.25) is 0 Å². The maximum atomic E-state index is 8.88. The van der Waals surface area contributed by atoms with E-state index in [0.717, 1.165) is 31.5 Å². The van der Waals surface area contributed by atoms with Gasteiger partial charge in [0.25, 0.3) is 0 Å². The summed E-state index contributed by atoms with van der Waals surface area (Å²) in [5, 5.41) is 17.3. The Morgan fingerprint density at radius 3 is 2.50 bits per heavy atom. The van der Waals surface area contributed by atoms with Gasteiger partial charge in [-0.1, -0.05) is 13.8 Å². The molecule has 1 aromatic rings. The molecule has 0 spiro atoms. The molecule has 0 N–H and O–H groups in total. The van der Waals surface area contributed by atoms with Gasteiger partial charge < -0.3 is 0 Å². The Kier molecular flexibility index (Phi) is 2.49. The average molecular weight is 218 g/mol. The van der Waals surface area contributed by atoms with Crippen LogP contribution in [0.4, 0.5) is 0 Å². The van der Waals surface area contributed by atoms with Gasteiger partial charge in [-0.15, -0.1) is 0 Å². The first-order valence-electron chi connectivity index (χ1n) is 5.94. The zero-order valence-corrected chi connectivity index (χ0v) is 10.2. The van der Waals surface area contributed by atoms with Crippen molar-refractivity contribution in [2.45, 2.75) is 46.6 Å². The van der Waals surface area contributed by atoms with Crippen molar-refractivity contribution in [2.75, 3.05) is 0 Å². The summed E-state index contributed by atoms with van der Waals surface area (Å²) in [6.45, 7) is 6.84. The minimum absolute atomic E-state index is 0.0438. The summed E-state index contributed by atoms with van der Waals surface area (Å²) in [5.74, 6) is 0. The van der Waals surface area contributed by atoms with Gasteiger partial charge in [-0.05, 0) is 31.6 Å². The van der Waals surface area contributed by atoms with Crippen molar-refractivity contribution < 1.29 is 0 Å². The van der Waals surface area contributed by atoms with Gasteiger partial charge in [0.1, 0.15) is 0 Å². The average Bonchev–Trinajstić information content (AvgIpc) is 2.58. The number of aryl methyl sites for hydroxylation is 1. The molecule has 3 aliphatic carbocycles. The number of aromatic nitrogens is 3. The highest BCUT2D eigenvalue weighted by Gasteiger charge is 2.68. The van der Waals surface area contributed by atoms with E-state index >= 15 is 0 Å². The Hall–Kier alpha value is -1.37. The van der Waals surface area contributed by atoms with Gasteiger partial charge in [-0.25, -0.2) is 0 Å². The molecule has 0 amide bonds. The van der Waals surface area contributed by atoms with Gasteiger partial charge in [-0.2, -0.15) is 20.3 Å². The van der Waals surface area contributed by atoms with Gasteiger partial charge in [0.05, 0.1) is 29.9 Å². The van der Waals surface area contributed by atoms with Crippen LogP contribution in [0.1, 0.15) is 38.8 Å². The van der Waals surface area contributed by atoms with Gasteiger partial charge in [0.15, 0.2) is 0 Å². The van der Waals surface area contributed by atoms with Crippen LogP contribution in [0.25, 0.3) is 0 Å². The van der Waals surface area contributed by atoms with Crippen LogP contribution in [0.2, 0.25) is 0 Å². The van der Waals surface area contributed by atoms with Crippen molar-refractivity contribution >= 4 is 0 Å². The van der Waals surface area contributed by atoms with E-state index < -0.39 is 0 Å². The Morgan fingerprint density at radius 2 is 2.06 bits per heavy atom. The molecule has 3 aliphatic rings. The molecule has 0 unspecified atom stereocenters. The predicted molar refractivity (Wildman–Crippen MR) is 60.4 cm³/mol. The summed E-state index contributed by atoms with van der Waals surface area (Å²) in [5.41, 5.74) is 1.37. The highest BCUT2D eigenvalue weighted by Crippen LogP contribution is 2.73. The van der Waals surface area contributed by atoms with Crippen LogP contribution < -0.4 is 0 Å². The van der Waals surface area contributed by atoms with E-state index in [0.29, 0.717) is 5.41 Å². The van der Waals surface area contributed by atoms with Crippen LogP contribution in [0.3, 0.4) is 0 Å². The van der Waals surface area contributed by atoms with Gasteiger partial charge in [0, 0.05) is 0 Å². The van der Waals surface area contributed by atoms with Gasteiger partial charge in [-0.3, -0.25) is 0 Å². The Morgan fingerprint density at radius 1 is 1.44 bits per heavy atom. The Labute approximate surface area is 96.3 Å². The second kappa shape index (κ2) is 3.58. The van der Waals surface area contributed by atoms with Crippen LogP contribution in [0, 0.1) is 29.1 Å². The number of nitrogens with zero attached hydrogens (tertiary/aromatic N) is 4. The molecule has 4 heteroatoms. The lowest BCUT2D eigenvalue weighted by Crippen LogP contribution is -2.62. The lowest BCUT2D eigenvalue weighted by atomic mass is 9.36. The largest absolute Gasteiger partial charge is 0.198 e. The zero-order valence-electron chi connectivity index (χ0n) is 10.2. The molecular formula is C12H18N4. The number of hydrogen-bond acceptors (Lipinski definition) is 3. The molecular weight excluding hydrogens is 200 g/mol. The van der Waals surface area contributed by atoms with Crippen molar-refractivity contribution in [1.82, 2.24) is 15.0 Å². The SMILES string of the molecule is CC.Cc1cnn(CC23CC(C#N)(C2)C3)n1. The summed E-state index contributed by atoms with van der Waals surface area (Å²) in [4.78, 5) is 1.77. The van der Waals surface area contributed by atoms with Crippen LogP contribution in [0.15, 0.2) is 6.20 Å². The van der Waals surface area contributed by atoms with Crippen LogP contribution in [-0.4, -0.2) is 15.0 Å². The van der Waals surface area contributed by atoms with Crippen molar-refractivity contribution in [3.63, 3.8) is 0 Å². The maximum Gasteiger partial charge on any atom is 0.0796 e. The molecule has 4 nitrogen and oxygen atoms in total. The van der Waals surface area contributed by atoms with E-state index in [1.807, 2.05) is 20.8 Å². The number of nitriles is 1. The fourth-order valence-electron chi connectivity index (χ4n) is 3.04. The van der Waals surface area contributed by atoms with E-state index in [2.05, 4.69) is 16.3 Å². The fourth-order valence-corrected chi connectivity index (χ4v) is 3.04. The third kappa shape index (κ3) is 1.51. The minimum atomic E-state index is 0.0438. The van der Waals surface area contributed by atoms with E-state index in [1.165, 1.54) is 0 Å². The molecule has 4 rings (SSSR count). The summed E-state index contributed by atoms with van der Waals surface area (Å²) < 4.78 is 0. The highest BCUT2D eigenvalue weighted by molar-refractivity contribution is 5.25. The standard InChI is InChI=1S/C10H12N4.C2H6/c1-8-2-12-14(13-8)7-10-3-9(4-10,5-10)6-11;1-2/h2H,3-5,7H2,1H3;1-2H3. The third-order valence-electron chi connectivity index (χ3n) is 3.51. The first-order chi connectivity index (χ1) is 7.65. The molecule has 16 heavy (non-hydrogen) atoms. The van der Waals surface area contributed by atoms with Crippen molar-refractivity contribution in [2.24, 2.45) is 10.8 Å². The van der Waals surface area contributed by atoms with E-state index in [-0.39, 0.29) is 5.41 Å². The molecule has 1 aromatic heterocycles. The number of hydrogen-bond donors (Lipinski definition) is 0. The summed E-state index contributed by atoms with van der Waals surface area (Å²) in [7, 11) is 0. The lowest BCUT2D eigenvalue weighted by molar-refractivity contribution is -0.175. The molecule has 1 heterocycles. The van der Waals surface area contributed by atoms with Crippen LogP contribution in [0.5, 0.6) is 0 Å².